The van der Waals surface area contributed by atoms with E-state index < -0.39 is 10.0 Å². The van der Waals surface area contributed by atoms with E-state index >= 15 is 0 Å². The summed E-state index contributed by atoms with van der Waals surface area (Å²) in [4.78, 5) is 5.41. The normalized spacial score (nSPS) is 11.7. The summed E-state index contributed by atoms with van der Waals surface area (Å²) in [6, 6.07) is 10.2. The maximum absolute atomic E-state index is 11.6. The van der Waals surface area contributed by atoms with Crippen LogP contribution in [0.2, 0.25) is 0 Å². The third-order valence-corrected chi connectivity index (χ3v) is 5.27. The van der Waals surface area contributed by atoms with Gasteiger partial charge in [0.05, 0.1) is 12.3 Å². The zero-order chi connectivity index (χ0) is 14.4. The highest BCUT2D eigenvalue weighted by Crippen LogP contribution is 2.17. The van der Waals surface area contributed by atoms with Crippen molar-refractivity contribution in [3.8, 4) is 0 Å². The summed E-state index contributed by atoms with van der Waals surface area (Å²) in [5.41, 5.74) is 1.23. The number of aromatic nitrogens is 1. The molecule has 4 nitrogen and oxygen atoms in total. The van der Waals surface area contributed by atoms with Gasteiger partial charge in [-0.1, -0.05) is 37.3 Å². The SMILES string of the molecule is CCCS(=O)(=O)NCc1ncc(Cc2ccccc2)s1. The van der Waals surface area contributed by atoms with Crippen LogP contribution in [0.4, 0.5) is 0 Å². The van der Waals surface area contributed by atoms with E-state index in [4.69, 9.17) is 0 Å². The lowest BCUT2D eigenvalue weighted by Crippen LogP contribution is -2.25. The van der Waals surface area contributed by atoms with Gasteiger partial charge in [-0.3, -0.25) is 0 Å². The van der Waals surface area contributed by atoms with Crippen molar-refractivity contribution < 1.29 is 8.42 Å². The van der Waals surface area contributed by atoms with Gasteiger partial charge in [0.1, 0.15) is 5.01 Å². The minimum atomic E-state index is -3.16. The van der Waals surface area contributed by atoms with Crippen molar-refractivity contribution >= 4 is 21.4 Å². The van der Waals surface area contributed by atoms with E-state index in [1.54, 1.807) is 11.3 Å². The molecule has 1 aromatic carbocycles. The molecule has 0 spiro atoms. The fourth-order valence-electron chi connectivity index (χ4n) is 1.82. The molecule has 1 heterocycles. The minimum absolute atomic E-state index is 0.162. The van der Waals surface area contributed by atoms with E-state index in [0.717, 1.165) is 16.3 Å². The molecule has 1 N–H and O–H groups in total. The molecule has 0 radical (unpaired) electrons. The van der Waals surface area contributed by atoms with E-state index in [9.17, 15) is 8.42 Å². The third kappa shape index (κ3) is 4.70. The van der Waals surface area contributed by atoms with E-state index in [-0.39, 0.29) is 12.3 Å². The predicted molar refractivity (Wildman–Crippen MR) is 82.3 cm³/mol. The Morgan fingerprint density at radius 3 is 2.70 bits per heavy atom. The Morgan fingerprint density at radius 1 is 1.25 bits per heavy atom. The Balaban J connectivity index is 1.93. The van der Waals surface area contributed by atoms with Crippen LogP contribution in [0.1, 0.15) is 28.8 Å². The topological polar surface area (TPSA) is 59.1 Å². The second kappa shape index (κ2) is 6.97. The molecule has 0 bridgehead atoms. The first kappa shape index (κ1) is 15.2. The van der Waals surface area contributed by atoms with Crippen LogP contribution in [0.5, 0.6) is 0 Å². The van der Waals surface area contributed by atoms with Crippen LogP contribution in [0, 0.1) is 0 Å². The van der Waals surface area contributed by atoms with Gasteiger partial charge in [0, 0.05) is 17.5 Å². The molecule has 0 unspecified atom stereocenters. The van der Waals surface area contributed by atoms with Crippen molar-refractivity contribution in [2.24, 2.45) is 0 Å². The van der Waals surface area contributed by atoms with E-state index in [2.05, 4.69) is 21.8 Å². The average molecular weight is 310 g/mol. The molecule has 0 aliphatic rings. The molecular formula is C14H18N2O2S2. The standard InChI is InChI=1S/C14H18N2O2S2/c1-2-8-20(17,18)16-11-14-15-10-13(19-14)9-12-6-4-3-5-7-12/h3-7,10,16H,2,8-9,11H2,1H3. The Bertz CT molecular complexity index is 636. The molecule has 20 heavy (non-hydrogen) atoms. The number of nitrogens with one attached hydrogen (secondary N) is 1. The molecule has 2 rings (SSSR count). The van der Waals surface area contributed by atoms with E-state index in [1.807, 2.05) is 31.3 Å². The minimum Gasteiger partial charge on any atom is -0.248 e. The van der Waals surface area contributed by atoms with Crippen LogP contribution < -0.4 is 4.72 Å². The first-order chi connectivity index (χ1) is 9.59. The monoisotopic (exact) mass is 310 g/mol. The van der Waals surface area contributed by atoms with Crippen molar-refractivity contribution in [3.63, 3.8) is 0 Å². The highest BCUT2D eigenvalue weighted by atomic mass is 32.2. The first-order valence-electron chi connectivity index (χ1n) is 6.54. The van der Waals surface area contributed by atoms with Gasteiger partial charge in [0.25, 0.3) is 0 Å². The number of benzene rings is 1. The van der Waals surface area contributed by atoms with Gasteiger partial charge >= 0.3 is 0 Å². The average Bonchev–Trinajstić information content (AvgIpc) is 2.85. The number of hydrogen-bond donors (Lipinski definition) is 1. The number of hydrogen-bond acceptors (Lipinski definition) is 4. The van der Waals surface area contributed by atoms with Gasteiger partial charge in [0.2, 0.25) is 10.0 Å². The zero-order valence-corrected chi connectivity index (χ0v) is 13.0. The Labute approximate surface area is 123 Å². The summed E-state index contributed by atoms with van der Waals surface area (Å²) < 4.78 is 25.7. The number of rotatable bonds is 7. The second-order valence-corrected chi connectivity index (χ2v) is 7.65. The molecule has 0 atom stereocenters. The largest absolute Gasteiger partial charge is 0.248 e. The number of sulfonamides is 1. The molecule has 0 aliphatic carbocycles. The molecule has 6 heteroatoms. The summed E-state index contributed by atoms with van der Waals surface area (Å²) in [6.45, 7) is 2.13. The van der Waals surface area contributed by atoms with Gasteiger partial charge in [-0.2, -0.15) is 0 Å². The molecule has 0 amide bonds. The first-order valence-corrected chi connectivity index (χ1v) is 9.01. The van der Waals surface area contributed by atoms with Crippen molar-refractivity contribution in [2.45, 2.75) is 26.3 Å². The van der Waals surface area contributed by atoms with Gasteiger partial charge in [-0.15, -0.1) is 11.3 Å². The van der Waals surface area contributed by atoms with Crippen molar-refractivity contribution in [1.82, 2.24) is 9.71 Å². The van der Waals surface area contributed by atoms with Crippen LogP contribution in [-0.2, 0) is 23.0 Å². The summed E-state index contributed by atoms with van der Waals surface area (Å²) in [5, 5.41) is 0.801. The lowest BCUT2D eigenvalue weighted by atomic mass is 10.1. The fourth-order valence-corrected chi connectivity index (χ4v) is 3.85. The number of nitrogens with zero attached hydrogens (tertiary/aromatic N) is 1. The Morgan fingerprint density at radius 2 is 2.00 bits per heavy atom. The molecule has 2 aromatic rings. The molecule has 1 aromatic heterocycles. The zero-order valence-electron chi connectivity index (χ0n) is 11.4. The van der Waals surface area contributed by atoms with Crippen LogP contribution in [0.15, 0.2) is 36.5 Å². The van der Waals surface area contributed by atoms with Crippen LogP contribution in [-0.4, -0.2) is 19.2 Å². The molecule has 0 aliphatic heterocycles. The van der Waals surface area contributed by atoms with Crippen LogP contribution in [0.3, 0.4) is 0 Å². The van der Waals surface area contributed by atoms with Gasteiger partial charge < -0.3 is 0 Å². The van der Waals surface area contributed by atoms with Gasteiger partial charge in [-0.05, 0) is 12.0 Å². The smallest absolute Gasteiger partial charge is 0.211 e. The number of thiazole rings is 1. The highest BCUT2D eigenvalue weighted by molar-refractivity contribution is 7.89. The highest BCUT2D eigenvalue weighted by Gasteiger charge is 2.10. The molecule has 0 saturated heterocycles. The molecule has 108 valence electrons. The summed E-state index contributed by atoms with van der Waals surface area (Å²) in [7, 11) is -3.16. The van der Waals surface area contributed by atoms with Crippen molar-refractivity contribution in [2.75, 3.05) is 5.75 Å². The molecular weight excluding hydrogens is 292 g/mol. The predicted octanol–water partition coefficient (Wildman–Crippen LogP) is 2.56. The fraction of sp³-hybridized carbons (Fsp3) is 0.357. The van der Waals surface area contributed by atoms with Crippen LogP contribution in [0.25, 0.3) is 0 Å². The second-order valence-electron chi connectivity index (χ2n) is 4.52. The maximum Gasteiger partial charge on any atom is 0.211 e. The Kier molecular flexibility index (Phi) is 5.28. The van der Waals surface area contributed by atoms with E-state index in [1.165, 1.54) is 5.56 Å². The Hall–Kier alpha value is -1.24. The van der Waals surface area contributed by atoms with Crippen LogP contribution >= 0.6 is 11.3 Å². The van der Waals surface area contributed by atoms with Gasteiger partial charge in [0.15, 0.2) is 0 Å². The lowest BCUT2D eigenvalue weighted by Gasteiger charge is -2.02. The van der Waals surface area contributed by atoms with Crippen molar-refractivity contribution in [3.05, 3.63) is 52.0 Å². The van der Waals surface area contributed by atoms with Crippen molar-refractivity contribution in [1.29, 1.82) is 0 Å². The third-order valence-electron chi connectivity index (χ3n) is 2.74. The molecule has 0 fully saturated rings. The molecule has 0 saturated carbocycles. The lowest BCUT2D eigenvalue weighted by molar-refractivity contribution is 0.580. The quantitative estimate of drug-likeness (QED) is 0.855. The maximum atomic E-state index is 11.6. The summed E-state index contributed by atoms with van der Waals surface area (Å²) in [6.07, 6.45) is 3.27. The summed E-state index contributed by atoms with van der Waals surface area (Å²) in [5.74, 6) is 0.162. The van der Waals surface area contributed by atoms with Gasteiger partial charge in [-0.25, -0.2) is 18.1 Å². The van der Waals surface area contributed by atoms with E-state index in [0.29, 0.717) is 6.42 Å². The summed E-state index contributed by atoms with van der Waals surface area (Å²) >= 11 is 1.55.